The Morgan fingerprint density at radius 1 is 1.35 bits per heavy atom. The van der Waals surface area contributed by atoms with Gasteiger partial charge in [-0.05, 0) is 25.6 Å². The zero-order chi connectivity index (χ0) is 12.4. The fourth-order valence-electron chi connectivity index (χ4n) is 2.26. The summed E-state index contributed by atoms with van der Waals surface area (Å²) < 4.78 is 0. The van der Waals surface area contributed by atoms with Crippen molar-refractivity contribution in [3.05, 3.63) is 24.3 Å². The average Bonchev–Trinajstić information content (AvgIpc) is 2.70. The number of carbonyl (C=O) groups is 1. The number of amides is 1. The van der Waals surface area contributed by atoms with E-state index in [-0.39, 0.29) is 11.9 Å². The van der Waals surface area contributed by atoms with Crippen LogP contribution < -0.4 is 15.1 Å². The van der Waals surface area contributed by atoms with Crippen LogP contribution in [0.5, 0.6) is 0 Å². The number of likely N-dealkylation sites (N-methyl/N-ethyl adjacent to an activating group) is 1. The lowest BCUT2D eigenvalue weighted by Gasteiger charge is -2.24. The molecule has 0 aromatic heterocycles. The lowest BCUT2D eigenvalue weighted by Crippen LogP contribution is -2.36. The predicted octanol–water partition coefficient (Wildman–Crippen LogP) is 1.08. The molecule has 0 saturated carbocycles. The van der Waals surface area contributed by atoms with Crippen LogP contribution in [0.1, 0.15) is 6.42 Å². The number of carbonyl (C=O) groups excluding carboxylic acids is 1. The van der Waals surface area contributed by atoms with Crippen LogP contribution >= 0.6 is 0 Å². The number of hydrogen-bond acceptors (Lipinski definition) is 3. The van der Waals surface area contributed by atoms with Crippen molar-refractivity contribution in [1.29, 1.82) is 0 Å². The summed E-state index contributed by atoms with van der Waals surface area (Å²) in [4.78, 5) is 16.1. The normalized spacial score (nSPS) is 19.8. The minimum absolute atomic E-state index is 0.0368. The Kier molecular flexibility index (Phi) is 3.33. The number of rotatable bonds is 3. The van der Waals surface area contributed by atoms with Crippen LogP contribution in [0, 0.1) is 0 Å². The highest BCUT2D eigenvalue weighted by Crippen LogP contribution is 2.30. The van der Waals surface area contributed by atoms with E-state index >= 15 is 0 Å². The molecule has 1 fully saturated rings. The van der Waals surface area contributed by atoms with Crippen molar-refractivity contribution in [2.45, 2.75) is 12.5 Å². The van der Waals surface area contributed by atoms with Gasteiger partial charge in [0.2, 0.25) is 5.91 Å². The van der Waals surface area contributed by atoms with E-state index in [9.17, 15) is 4.79 Å². The van der Waals surface area contributed by atoms with E-state index in [2.05, 4.69) is 5.32 Å². The Morgan fingerprint density at radius 2 is 2.06 bits per heavy atom. The Labute approximate surface area is 102 Å². The van der Waals surface area contributed by atoms with Crippen molar-refractivity contribution in [1.82, 2.24) is 5.32 Å². The zero-order valence-electron chi connectivity index (χ0n) is 10.6. The van der Waals surface area contributed by atoms with Gasteiger partial charge in [0.1, 0.15) is 0 Å². The van der Waals surface area contributed by atoms with Crippen molar-refractivity contribution in [3.63, 3.8) is 0 Å². The van der Waals surface area contributed by atoms with Crippen molar-refractivity contribution in [2.75, 3.05) is 37.5 Å². The van der Waals surface area contributed by atoms with Crippen molar-refractivity contribution in [2.24, 2.45) is 0 Å². The molecule has 1 aliphatic rings. The molecular formula is C13H19N3O. The van der Waals surface area contributed by atoms with Gasteiger partial charge in [-0.2, -0.15) is 0 Å². The number of para-hydroxylation sites is 2. The van der Waals surface area contributed by atoms with Crippen molar-refractivity contribution >= 4 is 17.3 Å². The maximum atomic E-state index is 12.2. The summed E-state index contributed by atoms with van der Waals surface area (Å²) in [6.45, 7) is 0.787. The van der Waals surface area contributed by atoms with Crippen LogP contribution in [0.15, 0.2) is 24.3 Å². The largest absolute Gasteiger partial charge is 0.376 e. The highest BCUT2D eigenvalue weighted by atomic mass is 16.2. The van der Waals surface area contributed by atoms with Crippen LogP contribution in [0.25, 0.3) is 0 Å². The van der Waals surface area contributed by atoms with Crippen LogP contribution in [0.3, 0.4) is 0 Å². The lowest BCUT2D eigenvalue weighted by molar-refractivity contribution is -0.118. The highest BCUT2D eigenvalue weighted by molar-refractivity contribution is 6.01. The summed E-state index contributed by atoms with van der Waals surface area (Å²) in [5.41, 5.74) is 2.08. The molecule has 0 radical (unpaired) electrons. The third-order valence-corrected chi connectivity index (χ3v) is 3.21. The van der Waals surface area contributed by atoms with Gasteiger partial charge in [0, 0.05) is 20.6 Å². The number of anilines is 2. The van der Waals surface area contributed by atoms with Crippen molar-refractivity contribution in [3.8, 4) is 0 Å². The number of benzene rings is 1. The van der Waals surface area contributed by atoms with Gasteiger partial charge in [-0.1, -0.05) is 12.1 Å². The highest BCUT2D eigenvalue weighted by Gasteiger charge is 2.32. The molecule has 4 heteroatoms. The fraction of sp³-hybridized carbons (Fsp3) is 0.462. The Morgan fingerprint density at radius 3 is 2.65 bits per heavy atom. The minimum atomic E-state index is -0.0368. The summed E-state index contributed by atoms with van der Waals surface area (Å²) in [6, 6.07) is 7.97. The van der Waals surface area contributed by atoms with E-state index in [0.717, 1.165) is 24.3 Å². The van der Waals surface area contributed by atoms with Crippen LogP contribution in [-0.2, 0) is 4.79 Å². The second-order valence-electron chi connectivity index (χ2n) is 4.50. The SMILES string of the molecule is CNC1CCN(c2ccccc2N(C)C)C1=O. The van der Waals surface area contributed by atoms with Crippen molar-refractivity contribution < 1.29 is 4.79 Å². The molecule has 1 N–H and O–H groups in total. The topological polar surface area (TPSA) is 35.6 Å². The Bertz CT molecular complexity index is 417. The molecule has 1 saturated heterocycles. The maximum Gasteiger partial charge on any atom is 0.244 e. The molecule has 2 rings (SSSR count). The van der Waals surface area contributed by atoms with E-state index < -0.39 is 0 Å². The first-order valence-corrected chi connectivity index (χ1v) is 5.90. The van der Waals surface area contributed by atoms with E-state index in [1.54, 1.807) is 0 Å². The second-order valence-corrected chi connectivity index (χ2v) is 4.50. The van der Waals surface area contributed by atoms with Gasteiger partial charge in [0.25, 0.3) is 0 Å². The molecule has 0 spiro atoms. The lowest BCUT2D eigenvalue weighted by atomic mass is 10.2. The van der Waals surface area contributed by atoms with Gasteiger partial charge in [0.05, 0.1) is 17.4 Å². The standard InChI is InChI=1S/C13H19N3O/c1-14-10-8-9-16(13(10)17)12-7-5-4-6-11(12)15(2)3/h4-7,10,14H,8-9H2,1-3H3. The molecule has 92 valence electrons. The Hall–Kier alpha value is -1.55. The third kappa shape index (κ3) is 2.13. The van der Waals surface area contributed by atoms with Gasteiger partial charge >= 0.3 is 0 Å². The maximum absolute atomic E-state index is 12.2. The summed E-state index contributed by atoms with van der Waals surface area (Å²) in [6.07, 6.45) is 0.872. The molecule has 4 nitrogen and oxygen atoms in total. The minimum Gasteiger partial charge on any atom is -0.376 e. The molecule has 0 bridgehead atoms. The van der Waals surface area contributed by atoms with Gasteiger partial charge in [0.15, 0.2) is 0 Å². The van der Waals surface area contributed by atoms with Crippen LogP contribution in [0.4, 0.5) is 11.4 Å². The van der Waals surface area contributed by atoms with E-state index in [0.29, 0.717) is 0 Å². The first kappa shape index (κ1) is 11.9. The number of hydrogen-bond donors (Lipinski definition) is 1. The fourth-order valence-corrected chi connectivity index (χ4v) is 2.26. The number of nitrogens with one attached hydrogen (secondary N) is 1. The monoisotopic (exact) mass is 233 g/mol. The smallest absolute Gasteiger partial charge is 0.244 e. The first-order chi connectivity index (χ1) is 8.15. The molecule has 1 aromatic carbocycles. The van der Waals surface area contributed by atoms with E-state index in [4.69, 9.17) is 0 Å². The molecule has 1 heterocycles. The molecule has 1 aromatic rings. The Balaban J connectivity index is 2.32. The van der Waals surface area contributed by atoms with E-state index in [1.165, 1.54) is 0 Å². The molecular weight excluding hydrogens is 214 g/mol. The van der Waals surface area contributed by atoms with Gasteiger partial charge in [-0.15, -0.1) is 0 Å². The molecule has 1 atom stereocenters. The summed E-state index contributed by atoms with van der Waals surface area (Å²) in [5, 5.41) is 3.06. The van der Waals surface area contributed by atoms with Crippen LogP contribution in [0.2, 0.25) is 0 Å². The van der Waals surface area contributed by atoms with E-state index in [1.807, 2.05) is 55.2 Å². The molecule has 1 unspecified atom stereocenters. The summed E-state index contributed by atoms with van der Waals surface area (Å²) in [7, 11) is 5.83. The number of nitrogens with zero attached hydrogens (tertiary/aromatic N) is 2. The average molecular weight is 233 g/mol. The molecule has 17 heavy (non-hydrogen) atoms. The predicted molar refractivity (Wildman–Crippen MR) is 70.6 cm³/mol. The quantitative estimate of drug-likeness (QED) is 0.848. The second kappa shape index (κ2) is 4.75. The van der Waals surface area contributed by atoms with Gasteiger partial charge < -0.3 is 15.1 Å². The summed E-state index contributed by atoms with van der Waals surface area (Å²) >= 11 is 0. The van der Waals surface area contributed by atoms with Crippen LogP contribution in [-0.4, -0.2) is 39.6 Å². The molecule has 0 aliphatic carbocycles. The summed E-state index contributed by atoms with van der Waals surface area (Å²) in [5.74, 6) is 0.168. The van der Waals surface area contributed by atoms with Gasteiger partial charge in [-0.3, -0.25) is 4.79 Å². The van der Waals surface area contributed by atoms with Gasteiger partial charge in [-0.25, -0.2) is 0 Å². The third-order valence-electron chi connectivity index (χ3n) is 3.21. The molecule has 1 aliphatic heterocycles. The first-order valence-electron chi connectivity index (χ1n) is 5.90. The molecule has 1 amide bonds. The zero-order valence-corrected chi connectivity index (χ0v) is 10.6.